The van der Waals surface area contributed by atoms with Crippen LogP contribution in [0.5, 0.6) is 0 Å². The van der Waals surface area contributed by atoms with E-state index >= 15 is 0 Å². The van der Waals surface area contributed by atoms with E-state index in [9.17, 15) is 4.79 Å². The van der Waals surface area contributed by atoms with Crippen molar-refractivity contribution < 1.29 is 4.79 Å². The summed E-state index contributed by atoms with van der Waals surface area (Å²) in [5, 5.41) is 11.9. The number of aromatic nitrogens is 4. The standard InChI is InChI=1S/C24H23I3N8OS2/c1-16-15-35(21(28)37-16)23-30-22(33-11-13-34(14-12-33)27(25)26)31-24(32-23)38-19-9-7-18(8-10-19)29-20(36)17-5-3-2-4-6-17/h2-10,15,28H,11-14H2,1H3,(H,29,36). The molecule has 1 aliphatic rings. The number of amides is 1. The number of piperazine rings is 1. The number of nitrogens with zero attached hydrogens (tertiary/aromatic N) is 6. The Balaban J connectivity index is 1.37. The molecule has 14 heteroatoms. The zero-order valence-corrected chi connectivity index (χ0v) is 28.2. The Morgan fingerprint density at radius 2 is 1.68 bits per heavy atom. The van der Waals surface area contributed by atoms with Crippen molar-refractivity contribution >= 4 is 90.0 Å². The fraction of sp³-hybridized carbons (Fsp3) is 0.208. The molecule has 3 heterocycles. The van der Waals surface area contributed by atoms with Crippen LogP contribution < -0.4 is 15.0 Å². The van der Waals surface area contributed by atoms with Gasteiger partial charge in [-0.15, -0.1) is 0 Å². The summed E-state index contributed by atoms with van der Waals surface area (Å²) in [6.45, 7) is 5.72. The normalized spacial score (nSPS) is 14.4. The average Bonchev–Trinajstić information content (AvgIpc) is 3.27. The van der Waals surface area contributed by atoms with E-state index < -0.39 is 12.1 Å². The van der Waals surface area contributed by atoms with Crippen LogP contribution in [0.1, 0.15) is 15.2 Å². The second kappa shape index (κ2) is 12.9. The fourth-order valence-corrected chi connectivity index (χ4v) is 11.2. The fourth-order valence-electron chi connectivity index (χ4n) is 3.76. The number of thiazole rings is 1. The van der Waals surface area contributed by atoms with Crippen LogP contribution in [-0.2, 0) is 0 Å². The van der Waals surface area contributed by atoms with E-state index in [-0.39, 0.29) is 5.91 Å². The maximum absolute atomic E-state index is 12.5. The number of nitrogens with one attached hydrogen (secondary N) is 2. The molecule has 1 aliphatic heterocycles. The van der Waals surface area contributed by atoms with Gasteiger partial charge < -0.3 is 5.32 Å². The first kappa shape index (κ1) is 28.2. The van der Waals surface area contributed by atoms with Gasteiger partial charge in [0.05, 0.1) is 0 Å². The Labute approximate surface area is 255 Å². The molecule has 2 aromatic carbocycles. The van der Waals surface area contributed by atoms with Crippen LogP contribution in [0.4, 0.5) is 11.6 Å². The molecule has 1 fully saturated rings. The van der Waals surface area contributed by atoms with E-state index in [0.717, 1.165) is 36.0 Å². The summed E-state index contributed by atoms with van der Waals surface area (Å²) in [6.07, 6.45) is 1.89. The van der Waals surface area contributed by atoms with Gasteiger partial charge >= 0.3 is 206 Å². The van der Waals surface area contributed by atoms with Gasteiger partial charge in [-0.25, -0.2) is 0 Å². The summed E-state index contributed by atoms with van der Waals surface area (Å²) >= 11 is 6.96. The Bertz CT molecular complexity index is 1470. The van der Waals surface area contributed by atoms with Gasteiger partial charge in [0.25, 0.3) is 5.91 Å². The van der Waals surface area contributed by atoms with Crippen molar-refractivity contribution in [1.29, 1.82) is 5.41 Å². The monoisotopic (exact) mass is 884 g/mol. The van der Waals surface area contributed by atoms with Gasteiger partial charge in [-0.3, -0.25) is 4.79 Å². The molecule has 1 amide bonds. The van der Waals surface area contributed by atoms with Gasteiger partial charge in [0.2, 0.25) is 0 Å². The molecule has 5 rings (SSSR count). The molecule has 38 heavy (non-hydrogen) atoms. The quantitative estimate of drug-likeness (QED) is 0.170. The van der Waals surface area contributed by atoms with Gasteiger partial charge in [-0.2, -0.15) is 0 Å². The minimum absolute atomic E-state index is 0.147. The second-order valence-corrected chi connectivity index (χ2v) is 33.8. The third-order valence-corrected chi connectivity index (χ3v) is 16.2. The third-order valence-electron chi connectivity index (χ3n) is 5.64. The van der Waals surface area contributed by atoms with Crippen LogP contribution in [-0.4, -0.2) is 54.7 Å². The van der Waals surface area contributed by atoms with Crippen molar-refractivity contribution in [2.45, 2.75) is 17.0 Å². The van der Waals surface area contributed by atoms with E-state index in [4.69, 9.17) is 20.4 Å². The molecule has 4 aromatic rings. The van der Waals surface area contributed by atoms with E-state index in [1.165, 1.54) is 23.1 Å². The second-order valence-electron chi connectivity index (χ2n) is 8.26. The summed E-state index contributed by atoms with van der Waals surface area (Å²) in [5.41, 5.74) is 1.33. The molecular weight excluding hydrogens is 861 g/mol. The molecular formula is C24H23I3N8OS2. The zero-order valence-electron chi connectivity index (χ0n) is 20.1. The van der Waals surface area contributed by atoms with Crippen LogP contribution in [0.2, 0.25) is 0 Å². The van der Waals surface area contributed by atoms with Gasteiger partial charge in [0.1, 0.15) is 0 Å². The van der Waals surface area contributed by atoms with Crippen LogP contribution in [0, 0.1) is 12.3 Å². The van der Waals surface area contributed by atoms with E-state index in [0.29, 0.717) is 33.1 Å². The number of halogens is 3. The van der Waals surface area contributed by atoms with Gasteiger partial charge in [0, 0.05) is 5.56 Å². The van der Waals surface area contributed by atoms with Crippen molar-refractivity contribution in [3.63, 3.8) is 0 Å². The Hall–Kier alpha value is -1.35. The van der Waals surface area contributed by atoms with Crippen LogP contribution in [0.3, 0.4) is 0 Å². The van der Waals surface area contributed by atoms with Crippen molar-refractivity contribution in [3.8, 4) is 5.95 Å². The summed E-state index contributed by atoms with van der Waals surface area (Å²) in [7, 11) is 0. The van der Waals surface area contributed by atoms with Crippen LogP contribution in [0.15, 0.2) is 70.8 Å². The number of hydrogen-bond acceptors (Lipinski definition) is 9. The number of benzene rings is 2. The molecule has 0 unspecified atom stereocenters. The average molecular weight is 884 g/mol. The molecule has 0 bridgehead atoms. The van der Waals surface area contributed by atoms with Crippen LogP contribution >= 0.6 is 72.5 Å². The Morgan fingerprint density at radius 3 is 2.32 bits per heavy atom. The first-order valence-corrected chi connectivity index (χ1v) is 26.7. The molecule has 2 aromatic heterocycles. The van der Waals surface area contributed by atoms with Gasteiger partial charge in [0.15, 0.2) is 0 Å². The number of carbonyl (C=O) groups excluding carboxylic acids is 1. The zero-order chi connectivity index (χ0) is 26.6. The maximum atomic E-state index is 12.5. The molecule has 2 N–H and O–H groups in total. The number of rotatable bonds is 7. The van der Waals surface area contributed by atoms with Gasteiger partial charge in [-0.05, 0) is 12.1 Å². The molecule has 0 aliphatic carbocycles. The topological polar surface area (TPSA) is 103 Å². The Kier molecular flexibility index (Phi) is 9.55. The van der Waals surface area contributed by atoms with Crippen molar-refractivity contribution in [2.75, 3.05) is 36.4 Å². The Morgan fingerprint density at radius 1 is 1.00 bits per heavy atom. The number of hydrogen-bond donors (Lipinski definition) is 2. The predicted molar refractivity (Wildman–Crippen MR) is 178 cm³/mol. The van der Waals surface area contributed by atoms with Crippen LogP contribution in [0.25, 0.3) is 5.95 Å². The predicted octanol–water partition coefficient (Wildman–Crippen LogP) is 6.16. The third kappa shape index (κ3) is 7.04. The minimum atomic E-state index is -1.06. The molecule has 0 radical (unpaired) electrons. The van der Waals surface area contributed by atoms with Gasteiger partial charge in [-0.1, -0.05) is 18.2 Å². The van der Waals surface area contributed by atoms with E-state index in [2.05, 4.69) is 50.6 Å². The molecule has 0 saturated carbocycles. The first-order chi connectivity index (χ1) is 18.4. The number of aryl methyl sites for hydroxylation is 1. The molecule has 0 atom stereocenters. The van der Waals surface area contributed by atoms with E-state index in [1.807, 2.05) is 55.6 Å². The summed E-state index contributed by atoms with van der Waals surface area (Å²) in [6, 6.07) is 16.8. The van der Waals surface area contributed by atoms with Crippen molar-refractivity contribution in [2.24, 2.45) is 0 Å². The number of anilines is 2. The summed E-state index contributed by atoms with van der Waals surface area (Å²) in [5.74, 6) is 0.950. The summed E-state index contributed by atoms with van der Waals surface area (Å²) in [4.78, 5) is 31.3. The molecule has 9 nitrogen and oxygen atoms in total. The van der Waals surface area contributed by atoms with Crippen molar-refractivity contribution in [1.82, 2.24) is 22.6 Å². The molecule has 1 saturated heterocycles. The molecule has 0 spiro atoms. The SMILES string of the molecule is Cc1cn(-c2nc(Sc3ccc(NC(=O)c4ccccc4)cc3)nc(N3CCN(I(I)I)CC3)n2)c(=N)s1. The molecule has 198 valence electrons. The van der Waals surface area contributed by atoms with E-state index in [1.54, 1.807) is 16.7 Å². The van der Waals surface area contributed by atoms with Crippen molar-refractivity contribution in [3.05, 3.63) is 76.0 Å². The number of carbonyl (C=O) groups is 1. The first-order valence-electron chi connectivity index (χ1n) is 11.5. The summed E-state index contributed by atoms with van der Waals surface area (Å²) < 4.78 is 4.30.